The van der Waals surface area contributed by atoms with E-state index in [2.05, 4.69) is 0 Å². The fourth-order valence-corrected chi connectivity index (χ4v) is 0.619. The van der Waals surface area contributed by atoms with Crippen molar-refractivity contribution in [2.24, 2.45) is 0 Å². The number of hydrogen-bond donors (Lipinski definition) is 1. The van der Waals surface area contributed by atoms with Crippen LogP contribution < -0.4 is 4.74 Å². The molecule has 0 unspecified atom stereocenters. The molecule has 1 N–H and O–H groups in total. The molecule has 0 saturated heterocycles. The number of halogens is 1. The van der Waals surface area contributed by atoms with Crippen molar-refractivity contribution in [1.82, 2.24) is 0 Å². The Hall–Kier alpha value is -1.25. The van der Waals surface area contributed by atoms with Crippen LogP contribution in [0.5, 0.6) is 11.5 Å². The molecule has 0 saturated carbocycles. The van der Waals surface area contributed by atoms with Crippen LogP contribution in [0.1, 0.15) is 13.8 Å². The zero-order valence-corrected chi connectivity index (χ0v) is 7.47. The Labute approximate surface area is 71.6 Å². The molecule has 0 atom stereocenters. The van der Waals surface area contributed by atoms with Crippen LogP contribution in [0.2, 0.25) is 0 Å². The van der Waals surface area contributed by atoms with E-state index in [9.17, 15) is 4.39 Å². The lowest BCUT2D eigenvalue weighted by Crippen LogP contribution is -1.82. The molecule has 0 aromatic heterocycles. The number of methoxy groups -OCH3 is 1. The molecule has 0 spiro atoms. The van der Waals surface area contributed by atoms with E-state index in [1.807, 2.05) is 13.8 Å². The summed E-state index contributed by atoms with van der Waals surface area (Å²) in [4.78, 5) is 0. The summed E-state index contributed by atoms with van der Waals surface area (Å²) in [5.41, 5.74) is 0. The fraction of sp³-hybridized carbons (Fsp3) is 0.333. The highest BCUT2D eigenvalue weighted by Gasteiger charge is 1.99. The molecule has 0 bridgehead atoms. The van der Waals surface area contributed by atoms with Gasteiger partial charge in [0.15, 0.2) is 11.6 Å². The third-order valence-electron chi connectivity index (χ3n) is 1.15. The first kappa shape index (κ1) is 10.8. The number of aromatic hydroxyl groups is 1. The SMILES string of the molecule is CC.COc1ccc(F)c(O)c1. The first-order chi connectivity index (χ1) is 5.74. The van der Waals surface area contributed by atoms with E-state index in [1.54, 1.807) is 0 Å². The van der Waals surface area contributed by atoms with Gasteiger partial charge in [0, 0.05) is 6.07 Å². The van der Waals surface area contributed by atoms with Crippen LogP contribution in [0.4, 0.5) is 4.39 Å². The fourth-order valence-electron chi connectivity index (χ4n) is 0.619. The maximum atomic E-state index is 12.3. The van der Waals surface area contributed by atoms with Crippen LogP contribution in [-0.4, -0.2) is 12.2 Å². The summed E-state index contributed by atoms with van der Waals surface area (Å²) in [6.07, 6.45) is 0. The van der Waals surface area contributed by atoms with E-state index >= 15 is 0 Å². The first-order valence-corrected chi connectivity index (χ1v) is 3.76. The lowest BCUT2D eigenvalue weighted by Gasteiger charge is -1.99. The highest BCUT2D eigenvalue weighted by Crippen LogP contribution is 2.20. The van der Waals surface area contributed by atoms with Gasteiger partial charge in [0.1, 0.15) is 5.75 Å². The molecule has 0 fully saturated rings. The maximum absolute atomic E-state index is 12.3. The van der Waals surface area contributed by atoms with E-state index in [0.29, 0.717) is 5.75 Å². The minimum absolute atomic E-state index is 0.389. The molecular formula is C9H13FO2. The highest BCUT2D eigenvalue weighted by molar-refractivity contribution is 5.33. The summed E-state index contributed by atoms with van der Waals surface area (Å²) in [6, 6.07) is 3.80. The molecule has 3 heteroatoms. The summed E-state index contributed by atoms with van der Waals surface area (Å²) in [5, 5.41) is 8.78. The van der Waals surface area contributed by atoms with Gasteiger partial charge in [-0.25, -0.2) is 4.39 Å². The second-order valence-corrected chi connectivity index (χ2v) is 1.82. The van der Waals surface area contributed by atoms with Gasteiger partial charge in [-0.15, -0.1) is 0 Å². The van der Waals surface area contributed by atoms with E-state index in [4.69, 9.17) is 9.84 Å². The van der Waals surface area contributed by atoms with Crippen molar-refractivity contribution in [3.05, 3.63) is 24.0 Å². The maximum Gasteiger partial charge on any atom is 0.165 e. The number of ether oxygens (including phenoxy) is 1. The normalized spacial score (nSPS) is 8.33. The Morgan fingerprint density at radius 1 is 1.33 bits per heavy atom. The summed E-state index contributed by atoms with van der Waals surface area (Å²) in [5.74, 6) is -0.584. The molecule has 1 rings (SSSR count). The van der Waals surface area contributed by atoms with Gasteiger partial charge in [-0.05, 0) is 12.1 Å². The van der Waals surface area contributed by atoms with Crippen molar-refractivity contribution in [3.63, 3.8) is 0 Å². The van der Waals surface area contributed by atoms with Crippen LogP contribution in [0.3, 0.4) is 0 Å². The average molecular weight is 172 g/mol. The minimum Gasteiger partial charge on any atom is -0.505 e. The topological polar surface area (TPSA) is 29.5 Å². The van der Waals surface area contributed by atoms with Crippen molar-refractivity contribution in [1.29, 1.82) is 0 Å². The number of benzene rings is 1. The summed E-state index contributed by atoms with van der Waals surface area (Å²) >= 11 is 0. The molecular weight excluding hydrogens is 159 g/mol. The van der Waals surface area contributed by atoms with Gasteiger partial charge in [-0.2, -0.15) is 0 Å². The van der Waals surface area contributed by atoms with Crippen LogP contribution in [0.15, 0.2) is 18.2 Å². The molecule has 12 heavy (non-hydrogen) atoms. The van der Waals surface area contributed by atoms with Crippen LogP contribution >= 0.6 is 0 Å². The van der Waals surface area contributed by atoms with Crippen LogP contribution in [0.25, 0.3) is 0 Å². The average Bonchev–Trinajstić information content (AvgIpc) is 2.13. The Kier molecular flexibility index (Phi) is 4.84. The Morgan fingerprint density at radius 2 is 1.92 bits per heavy atom. The highest BCUT2D eigenvalue weighted by atomic mass is 19.1. The van der Waals surface area contributed by atoms with Crippen molar-refractivity contribution >= 4 is 0 Å². The third kappa shape index (κ3) is 2.78. The molecule has 1 aromatic rings. The molecule has 0 aliphatic carbocycles. The standard InChI is InChI=1S/C7H7FO2.C2H6/c1-10-5-2-3-6(8)7(9)4-5;1-2/h2-4,9H,1H3;1-2H3. The van der Waals surface area contributed by atoms with Gasteiger partial charge < -0.3 is 9.84 Å². The second-order valence-electron chi connectivity index (χ2n) is 1.82. The lowest BCUT2D eigenvalue weighted by molar-refractivity contribution is 0.397. The predicted octanol–water partition coefficient (Wildman–Crippen LogP) is 2.57. The molecule has 2 nitrogen and oxygen atoms in total. The summed E-state index contributed by atoms with van der Waals surface area (Å²) in [7, 11) is 1.45. The number of phenolic OH excluding ortho intramolecular Hbond substituents is 1. The van der Waals surface area contributed by atoms with E-state index in [-0.39, 0.29) is 5.75 Å². The smallest absolute Gasteiger partial charge is 0.165 e. The third-order valence-corrected chi connectivity index (χ3v) is 1.15. The van der Waals surface area contributed by atoms with Gasteiger partial charge in [0.25, 0.3) is 0 Å². The van der Waals surface area contributed by atoms with Crippen LogP contribution in [0, 0.1) is 5.82 Å². The van der Waals surface area contributed by atoms with Gasteiger partial charge in [0.05, 0.1) is 7.11 Å². The van der Waals surface area contributed by atoms with Crippen molar-refractivity contribution in [2.75, 3.05) is 7.11 Å². The molecule has 0 heterocycles. The largest absolute Gasteiger partial charge is 0.505 e. The Balaban J connectivity index is 0.000000561. The number of hydrogen-bond acceptors (Lipinski definition) is 2. The first-order valence-electron chi connectivity index (χ1n) is 3.76. The Morgan fingerprint density at radius 3 is 2.33 bits per heavy atom. The molecule has 1 aromatic carbocycles. The van der Waals surface area contributed by atoms with Gasteiger partial charge >= 0.3 is 0 Å². The van der Waals surface area contributed by atoms with Gasteiger partial charge in [-0.1, -0.05) is 13.8 Å². The zero-order chi connectivity index (χ0) is 9.56. The lowest BCUT2D eigenvalue weighted by atomic mass is 10.3. The summed E-state index contributed by atoms with van der Waals surface area (Å²) in [6.45, 7) is 4.00. The van der Waals surface area contributed by atoms with Gasteiger partial charge in [0.2, 0.25) is 0 Å². The number of rotatable bonds is 1. The molecule has 68 valence electrons. The minimum atomic E-state index is -0.638. The van der Waals surface area contributed by atoms with E-state index in [0.717, 1.165) is 6.07 Å². The number of phenols is 1. The quantitative estimate of drug-likeness (QED) is 0.705. The van der Waals surface area contributed by atoms with Crippen molar-refractivity contribution < 1.29 is 14.2 Å². The van der Waals surface area contributed by atoms with E-state index < -0.39 is 5.82 Å². The zero-order valence-electron chi connectivity index (χ0n) is 7.47. The summed E-state index contributed by atoms with van der Waals surface area (Å²) < 4.78 is 17.1. The van der Waals surface area contributed by atoms with Gasteiger partial charge in [-0.3, -0.25) is 0 Å². The van der Waals surface area contributed by atoms with Crippen LogP contribution in [-0.2, 0) is 0 Å². The predicted molar refractivity (Wildman–Crippen MR) is 46.0 cm³/mol. The molecule has 0 aliphatic rings. The van der Waals surface area contributed by atoms with E-state index in [1.165, 1.54) is 19.2 Å². The molecule has 0 amide bonds. The monoisotopic (exact) mass is 172 g/mol. The van der Waals surface area contributed by atoms with Crippen molar-refractivity contribution in [3.8, 4) is 11.5 Å². The Bertz CT molecular complexity index is 236. The molecule has 0 aliphatic heterocycles. The van der Waals surface area contributed by atoms with Crippen molar-refractivity contribution in [2.45, 2.75) is 13.8 Å². The second kappa shape index (κ2) is 5.41. The molecule has 0 radical (unpaired) electrons.